The van der Waals surface area contributed by atoms with E-state index in [9.17, 15) is 0 Å². The number of nitrogens with zero attached hydrogens (tertiary/aromatic N) is 1. The molecule has 0 amide bonds. The van der Waals surface area contributed by atoms with E-state index in [0.29, 0.717) is 11.7 Å². The van der Waals surface area contributed by atoms with Crippen molar-refractivity contribution in [3.8, 4) is 0 Å². The minimum absolute atomic E-state index is 0.567. The first-order valence-electron chi connectivity index (χ1n) is 3.98. The standard InChI is InChI=1S/C11H14ClN/c1-4-5-7-10(2)8-6-9-13-11(3)12/h4-8H,1-2,9H2,3H3. The summed E-state index contributed by atoms with van der Waals surface area (Å²) in [6.07, 6.45) is 9.22. The lowest BCUT2D eigenvalue weighted by Crippen LogP contribution is -1.79. The molecule has 0 aliphatic heterocycles. The third kappa shape index (κ3) is 8.83. The maximum atomic E-state index is 5.54. The molecule has 0 saturated heterocycles. The topological polar surface area (TPSA) is 12.4 Å². The van der Waals surface area contributed by atoms with Gasteiger partial charge in [-0.05, 0) is 12.5 Å². The lowest BCUT2D eigenvalue weighted by molar-refractivity contribution is 1.25. The molecule has 0 bridgehead atoms. The summed E-state index contributed by atoms with van der Waals surface area (Å²) >= 11 is 5.54. The van der Waals surface area contributed by atoms with Crippen LogP contribution in [0, 0.1) is 0 Å². The van der Waals surface area contributed by atoms with Crippen molar-refractivity contribution in [2.45, 2.75) is 6.92 Å². The minimum Gasteiger partial charge on any atom is -0.274 e. The van der Waals surface area contributed by atoms with E-state index in [1.807, 2.05) is 24.3 Å². The molecular formula is C11H14ClN. The summed E-state index contributed by atoms with van der Waals surface area (Å²) in [6, 6.07) is 0. The summed E-state index contributed by atoms with van der Waals surface area (Å²) in [6.45, 7) is 9.71. The molecule has 0 atom stereocenters. The number of rotatable bonds is 5. The van der Waals surface area contributed by atoms with Crippen molar-refractivity contribution < 1.29 is 0 Å². The van der Waals surface area contributed by atoms with Crippen LogP contribution < -0.4 is 0 Å². The van der Waals surface area contributed by atoms with Gasteiger partial charge in [0, 0.05) is 0 Å². The first kappa shape index (κ1) is 11.9. The highest BCUT2D eigenvalue weighted by atomic mass is 35.5. The smallest absolute Gasteiger partial charge is 0.0975 e. The molecule has 0 aromatic heterocycles. The highest BCUT2D eigenvalue weighted by molar-refractivity contribution is 6.64. The zero-order chi connectivity index (χ0) is 10.1. The molecule has 0 heterocycles. The molecule has 70 valence electrons. The molecule has 0 radical (unpaired) electrons. The maximum Gasteiger partial charge on any atom is 0.0975 e. The predicted octanol–water partition coefficient (Wildman–Crippen LogP) is 3.50. The summed E-state index contributed by atoms with van der Waals surface area (Å²) in [5, 5.41) is 0.567. The van der Waals surface area contributed by atoms with Crippen LogP contribution in [0.15, 0.2) is 54.1 Å². The van der Waals surface area contributed by atoms with Crippen LogP contribution in [0.5, 0.6) is 0 Å². The number of hydrogen-bond acceptors (Lipinski definition) is 1. The molecule has 13 heavy (non-hydrogen) atoms. The van der Waals surface area contributed by atoms with Crippen molar-refractivity contribution in [2.24, 2.45) is 4.99 Å². The lowest BCUT2D eigenvalue weighted by Gasteiger charge is -1.88. The van der Waals surface area contributed by atoms with Gasteiger partial charge in [-0.25, -0.2) is 0 Å². The molecule has 0 N–H and O–H groups in total. The Labute approximate surface area is 84.8 Å². The van der Waals surface area contributed by atoms with Gasteiger partial charge < -0.3 is 0 Å². The van der Waals surface area contributed by atoms with Crippen LogP contribution in [0.2, 0.25) is 0 Å². The summed E-state index contributed by atoms with van der Waals surface area (Å²) in [5.41, 5.74) is 0.919. The van der Waals surface area contributed by atoms with Crippen molar-refractivity contribution in [3.05, 3.63) is 49.1 Å². The quantitative estimate of drug-likeness (QED) is 0.471. The van der Waals surface area contributed by atoms with Gasteiger partial charge in [-0.1, -0.05) is 55.1 Å². The molecule has 2 heteroatoms. The van der Waals surface area contributed by atoms with Crippen LogP contribution in [0.3, 0.4) is 0 Å². The van der Waals surface area contributed by atoms with Crippen LogP contribution in [-0.2, 0) is 0 Å². The van der Waals surface area contributed by atoms with E-state index < -0.39 is 0 Å². The first-order valence-corrected chi connectivity index (χ1v) is 4.35. The van der Waals surface area contributed by atoms with Crippen LogP contribution in [-0.4, -0.2) is 11.7 Å². The second-order valence-corrected chi connectivity index (χ2v) is 2.96. The average Bonchev–Trinajstić information content (AvgIpc) is 2.08. The molecule has 1 nitrogen and oxygen atoms in total. The Kier molecular flexibility index (Phi) is 6.93. The van der Waals surface area contributed by atoms with E-state index in [2.05, 4.69) is 18.2 Å². The third-order valence-corrected chi connectivity index (χ3v) is 1.31. The lowest BCUT2D eigenvalue weighted by atomic mass is 10.2. The van der Waals surface area contributed by atoms with Crippen LogP contribution in [0.25, 0.3) is 0 Å². The van der Waals surface area contributed by atoms with Crippen LogP contribution in [0.1, 0.15) is 6.92 Å². The van der Waals surface area contributed by atoms with Crippen LogP contribution in [0.4, 0.5) is 0 Å². The minimum atomic E-state index is 0.567. The fraction of sp³-hybridized carbons (Fsp3) is 0.182. The molecule has 0 unspecified atom stereocenters. The molecule has 0 aliphatic carbocycles. The van der Waals surface area contributed by atoms with Crippen LogP contribution >= 0.6 is 11.6 Å². The van der Waals surface area contributed by atoms with Gasteiger partial charge in [0.2, 0.25) is 0 Å². The first-order chi connectivity index (χ1) is 6.16. The second kappa shape index (κ2) is 7.56. The van der Waals surface area contributed by atoms with E-state index in [0.717, 1.165) is 5.57 Å². The van der Waals surface area contributed by atoms with Gasteiger partial charge in [0.25, 0.3) is 0 Å². The number of aliphatic imine (C=N–C) groups is 1. The van der Waals surface area contributed by atoms with Crippen molar-refractivity contribution in [3.63, 3.8) is 0 Å². The third-order valence-electron chi connectivity index (χ3n) is 1.19. The van der Waals surface area contributed by atoms with Gasteiger partial charge in [0.1, 0.15) is 0 Å². The van der Waals surface area contributed by atoms with E-state index in [-0.39, 0.29) is 0 Å². The number of hydrogen-bond donors (Lipinski definition) is 0. The molecule has 0 spiro atoms. The predicted molar refractivity (Wildman–Crippen MR) is 61.4 cm³/mol. The second-order valence-electron chi connectivity index (χ2n) is 2.41. The Balaban J connectivity index is 3.85. The summed E-state index contributed by atoms with van der Waals surface area (Å²) in [5.74, 6) is 0. The molecule has 0 aromatic rings. The number of halogens is 1. The average molecular weight is 196 g/mol. The zero-order valence-electron chi connectivity index (χ0n) is 7.83. The Morgan fingerprint density at radius 2 is 2.15 bits per heavy atom. The Morgan fingerprint density at radius 1 is 1.46 bits per heavy atom. The Hall–Kier alpha value is -1.08. The maximum absolute atomic E-state index is 5.54. The van der Waals surface area contributed by atoms with E-state index in [1.165, 1.54) is 0 Å². The molecule has 0 saturated carbocycles. The van der Waals surface area contributed by atoms with Crippen molar-refractivity contribution in [1.82, 2.24) is 0 Å². The normalized spacial score (nSPS) is 12.6. The van der Waals surface area contributed by atoms with Gasteiger partial charge in [0.05, 0.1) is 11.7 Å². The summed E-state index contributed by atoms with van der Waals surface area (Å²) in [7, 11) is 0. The Morgan fingerprint density at radius 3 is 2.69 bits per heavy atom. The molecule has 0 rings (SSSR count). The zero-order valence-corrected chi connectivity index (χ0v) is 8.59. The highest BCUT2D eigenvalue weighted by Crippen LogP contribution is 1.95. The SMILES string of the molecule is C=CC=CC(=C)C=CCN=C(C)Cl. The van der Waals surface area contributed by atoms with Gasteiger partial charge in [0.15, 0.2) is 0 Å². The molecule has 0 fully saturated rings. The van der Waals surface area contributed by atoms with Crippen molar-refractivity contribution in [1.29, 1.82) is 0 Å². The largest absolute Gasteiger partial charge is 0.274 e. The fourth-order valence-corrected chi connectivity index (χ4v) is 0.699. The van der Waals surface area contributed by atoms with Gasteiger partial charge in [-0.15, -0.1) is 0 Å². The van der Waals surface area contributed by atoms with Crippen molar-refractivity contribution >= 4 is 16.8 Å². The van der Waals surface area contributed by atoms with E-state index in [4.69, 9.17) is 11.6 Å². The molecular weight excluding hydrogens is 182 g/mol. The Bertz CT molecular complexity index is 255. The highest BCUT2D eigenvalue weighted by Gasteiger charge is 1.79. The van der Waals surface area contributed by atoms with Crippen molar-refractivity contribution in [2.75, 3.05) is 6.54 Å². The number of allylic oxidation sites excluding steroid dienone is 5. The van der Waals surface area contributed by atoms with E-state index in [1.54, 1.807) is 13.0 Å². The molecule has 0 aliphatic rings. The van der Waals surface area contributed by atoms with E-state index >= 15 is 0 Å². The molecule has 0 aromatic carbocycles. The van der Waals surface area contributed by atoms with Gasteiger partial charge >= 0.3 is 0 Å². The fourth-order valence-electron chi connectivity index (χ4n) is 0.630. The van der Waals surface area contributed by atoms with Gasteiger partial charge in [-0.3, -0.25) is 4.99 Å². The summed E-state index contributed by atoms with van der Waals surface area (Å²) in [4.78, 5) is 3.99. The summed E-state index contributed by atoms with van der Waals surface area (Å²) < 4.78 is 0. The monoisotopic (exact) mass is 195 g/mol. The van der Waals surface area contributed by atoms with Gasteiger partial charge in [-0.2, -0.15) is 0 Å².